The van der Waals surface area contributed by atoms with Crippen LogP contribution >= 0.6 is 34.5 Å². The van der Waals surface area contributed by atoms with E-state index in [1.54, 1.807) is 0 Å². The second-order valence-electron chi connectivity index (χ2n) is 7.25. The van der Waals surface area contributed by atoms with Crippen molar-refractivity contribution in [2.75, 3.05) is 24.2 Å². The molecular formula is C19H22Cl2N4O5S2. The largest absolute Gasteiger partial charge is 0.435 e. The Labute approximate surface area is 200 Å². The van der Waals surface area contributed by atoms with Crippen molar-refractivity contribution in [2.24, 2.45) is 0 Å². The van der Waals surface area contributed by atoms with Crippen LogP contribution in [-0.2, 0) is 14.6 Å². The minimum absolute atomic E-state index is 0.0338. The first kappa shape index (κ1) is 24.7. The van der Waals surface area contributed by atoms with E-state index in [4.69, 9.17) is 27.9 Å². The van der Waals surface area contributed by atoms with Gasteiger partial charge in [0.1, 0.15) is 0 Å². The number of benzene rings is 1. The van der Waals surface area contributed by atoms with E-state index in [0.717, 1.165) is 35.5 Å². The molecule has 0 radical (unpaired) electrons. The van der Waals surface area contributed by atoms with Crippen LogP contribution in [0.2, 0.25) is 10.0 Å². The topological polar surface area (TPSA) is 110 Å². The van der Waals surface area contributed by atoms with Crippen molar-refractivity contribution in [1.29, 1.82) is 0 Å². The first-order valence-electron chi connectivity index (χ1n) is 9.90. The molecule has 13 heteroatoms. The molecule has 1 atom stereocenters. The van der Waals surface area contributed by atoms with Crippen molar-refractivity contribution >= 4 is 61.5 Å². The van der Waals surface area contributed by atoms with E-state index in [-0.39, 0.29) is 32.4 Å². The zero-order valence-corrected chi connectivity index (χ0v) is 20.6. The number of carbonyl (C=O) groups excluding carboxylic acids is 2. The molecule has 2 heterocycles. The van der Waals surface area contributed by atoms with Gasteiger partial charge in [-0.1, -0.05) is 60.7 Å². The lowest BCUT2D eigenvalue weighted by molar-refractivity contribution is 0.0331. The van der Waals surface area contributed by atoms with E-state index in [1.165, 1.54) is 30.1 Å². The van der Waals surface area contributed by atoms with Crippen molar-refractivity contribution < 1.29 is 22.7 Å². The van der Waals surface area contributed by atoms with E-state index in [9.17, 15) is 18.0 Å². The molecule has 0 saturated carbocycles. The Morgan fingerprint density at radius 3 is 2.69 bits per heavy atom. The monoisotopic (exact) mass is 520 g/mol. The van der Waals surface area contributed by atoms with Crippen molar-refractivity contribution in [3.05, 3.63) is 33.8 Å². The predicted molar refractivity (Wildman–Crippen MR) is 122 cm³/mol. The molecule has 1 saturated heterocycles. The predicted octanol–water partition coefficient (Wildman–Crippen LogP) is 4.25. The summed E-state index contributed by atoms with van der Waals surface area (Å²) in [7, 11) is -2.09. The SMILES string of the molecule is CCCCCCS(=O)(=O)c1nnc(N2C(=O)N(C)CC2OC(=O)c2ccc(Cl)cc2Cl)s1. The molecule has 0 N–H and O–H groups in total. The fraction of sp³-hybridized carbons (Fsp3) is 0.474. The molecule has 9 nitrogen and oxygen atoms in total. The number of likely N-dealkylation sites (N-methyl/N-ethyl adjacent to an activating group) is 1. The molecule has 2 amide bonds. The normalized spacial score (nSPS) is 16.6. The summed E-state index contributed by atoms with van der Waals surface area (Å²) in [6.07, 6.45) is 2.26. The number of nitrogens with zero attached hydrogens (tertiary/aromatic N) is 4. The minimum atomic E-state index is -3.62. The first-order valence-corrected chi connectivity index (χ1v) is 13.1. The Morgan fingerprint density at radius 1 is 1.25 bits per heavy atom. The van der Waals surface area contributed by atoms with Crippen LogP contribution < -0.4 is 4.90 Å². The maximum Gasteiger partial charge on any atom is 0.341 e. The van der Waals surface area contributed by atoms with Gasteiger partial charge in [-0.25, -0.2) is 22.9 Å². The summed E-state index contributed by atoms with van der Waals surface area (Å²) < 4.78 is 30.5. The Balaban J connectivity index is 1.78. The van der Waals surface area contributed by atoms with Gasteiger partial charge in [-0.05, 0) is 24.6 Å². The van der Waals surface area contributed by atoms with Crippen LogP contribution in [-0.4, -0.2) is 61.1 Å². The average molecular weight is 521 g/mol. The number of sulfone groups is 1. The highest BCUT2D eigenvalue weighted by atomic mass is 35.5. The van der Waals surface area contributed by atoms with Crippen LogP contribution in [0.25, 0.3) is 0 Å². The van der Waals surface area contributed by atoms with Gasteiger partial charge < -0.3 is 9.64 Å². The van der Waals surface area contributed by atoms with Gasteiger partial charge in [0.2, 0.25) is 25.5 Å². The van der Waals surface area contributed by atoms with Gasteiger partial charge in [0, 0.05) is 12.1 Å². The molecular weight excluding hydrogens is 499 g/mol. The zero-order chi connectivity index (χ0) is 23.5. The highest BCUT2D eigenvalue weighted by Gasteiger charge is 2.41. The number of urea groups is 1. The number of hydrogen-bond donors (Lipinski definition) is 0. The maximum absolute atomic E-state index is 12.7. The Bertz CT molecular complexity index is 1110. The number of unbranched alkanes of at least 4 members (excludes halogenated alkanes) is 3. The van der Waals surface area contributed by atoms with Gasteiger partial charge in [0.15, 0.2) is 0 Å². The molecule has 174 valence electrons. The van der Waals surface area contributed by atoms with Gasteiger partial charge in [0.05, 0.1) is 22.9 Å². The molecule has 3 rings (SSSR count). The van der Waals surface area contributed by atoms with Gasteiger partial charge in [-0.15, -0.1) is 10.2 Å². The van der Waals surface area contributed by atoms with Crippen LogP contribution in [0.5, 0.6) is 0 Å². The third kappa shape index (κ3) is 5.51. The molecule has 1 fully saturated rings. The summed E-state index contributed by atoms with van der Waals surface area (Å²) in [6, 6.07) is 3.83. The number of amides is 2. The first-order chi connectivity index (χ1) is 15.1. The van der Waals surface area contributed by atoms with Crippen molar-refractivity contribution in [1.82, 2.24) is 15.1 Å². The number of aromatic nitrogens is 2. The number of esters is 1. The van der Waals surface area contributed by atoms with Crippen LogP contribution in [0.15, 0.2) is 22.5 Å². The number of hydrogen-bond acceptors (Lipinski definition) is 8. The van der Waals surface area contributed by atoms with Crippen LogP contribution in [0.3, 0.4) is 0 Å². The third-order valence-corrected chi connectivity index (χ3v) is 8.50. The molecule has 32 heavy (non-hydrogen) atoms. The van der Waals surface area contributed by atoms with E-state index < -0.39 is 28.1 Å². The standard InChI is InChI=1S/C19H22Cl2N4O5S2/c1-3-4-5-6-9-32(28,29)18-23-22-17(31-18)25-15(11-24(2)19(25)27)30-16(26)13-8-7-12(20)10-14(13)21/h7-8,10,15H,3-6,9,11H2,1-2H3. The molecule has 0 spiro atoms. The number of halogens is 2. The van der Waals surface area contributed by atoms with E-state index in [2.05, 4.69) is 10.2 Å². The lowest BCUT2D eigenvalue weighted by atomic mass is 10.2. The summed E-state index contributed by atoms with van der Waals surface area (Å²) in [6.45, 7) is 2.11. The Hall–Kier alpha value is -1.95. The lowest BCUT2D eigenvalue weighted by Gasteiger charge is -2.20. The maximum atomic E-state index is 12.7. The average Bonchev–Trinajstić information content (AvgIpc) is 3.31. The summed E-state index contributed by atoms with van der Waals surface area (Å²) in [5.74, 6) is -0.791. The second-order valence-corrected chi connectivity index (χ2v) is 11.3. The zero-order valence-electron chi connectivity index (χ0n) is 17.5. The van der Waals surface area contributed by atoms with Crippen LogP contribution in [0, 0.1) is 0 Å². The number of carbonyl (C=O) groups is 2. The smallest absolute Gasteiger partial charge is 0.341 e. The number of anilines is 1. The molecule has 0 aliphatic carbocycles. The number of rotatable bonds is 9. The summed E-state index contributed by atoms with van der Waals surface area (Å²) >= 11 is 12.7. The van der Waals surface area contributed by atoms with Crippen LogP contribution in [0.4, 0.5) is 9.93 Å². The minimum Gasteiger partial charge on any atom is -0.435 e. The van der Waals surface area contributed by atoms with Crippen molar-refractivity contribution in [3.8, 4) is 0 Å². The fourth-order valence-electron chi connectivity index (χ4n) is 3.07. The highest BCUT2D eigenvalue weighted by Crippen LogP contribution is 2.31. The Kier molecular flexibility index (Phi) is 7.97. The second kappa shape index (κ2) is 10.3. The highest BCUT2D eigenvalue weighted by molar-refractivity contribution is 7.93. The molecule has 1 aliphatic rings. The van der Waals surface area contributed by atoms with E-state index >= 15 is 0 Å². The van der Waals surface area contributed by atoms with Gasteiger partial charge in [0.25, 0.3) is 0 Å². The molecule has 1 aliphatic heterocycles. The molecule has 1 aromatic carbocycles. The van der Waals surface area contributed by atoms with Crippen molar-refractivity contribution in [3.63, 3.8) is 0 Å². The van der Waals surface area contributed by atoms with Gasteiger partial charge in [-0.3, -0.25) is 0 Å². The van der Waals surface area contributed by atoms with Gasteiger partial charge >= 0.3 is 12.0 Å². The molecule has 2 aromatic rings. The summed E-state index contributed by atoms with van der Waals surface area (Å²) in [5.41, 5.74) is 0.0885. The van der Waals surface area contributed by atoms with E-state index in [1.807, 2.05) is 6.92 Å². The Morgan fingerprint density at radius 2 is 2.00 bits per heavy atom. The fourth-order valence-corrected chi connectivity index (χ4v) is 6.07. The van der Waals surface area contributed by atoms with E-state index in [0.29, 0.717) is 11.4 Å². The summed E-state index contributed by atoms with van der Waals surface area (Å²) in [5, 5.41) is 8.17. The van der Waals surface area contributed by atoms with Gasteiger partial charge in [-0.2, -0.15) is 0 Å². The lowest BCUT2D eigenvalue weighted by Crippen LogP contribution is -2.37. The number of ether oxygens (including phenoxy) is 1. The van der Waals surface area contributed by atoms with Crippen LogP contribution in [0.1, 0.15) is 43.0 Å². The molecule has 1 unspecified atom stereocenters. The molecule has 0 bridgehead atoms. The summed E-state index contributed by atoms with van der Waals surface area (Å²) in [4.78, 5) is 27.7. The quantitative estimate of drug-likeness (QED) is 0.276. The molecule has 1 aromatic heterocycles. The van der Waals surface area contributed by atoms with Crippen molar-refractivity contribution in [2.45, 2.75) is 43.2 Å². The third-order valence-electron chi connectivity index (χ3n) is 4.78.